The van der Waals surface area contributed by atoms with Crippen LogP contribution in [0.2, 0.25) is 0 Å². The summed E-state index contributed by atoms with van der Waals surface area (Å²) < 4.78 is 0.897. The lowest BCUT2D eigenvalue weighted by molar-refractivity contribution is 0.359. The molecule has 0 bridgehead atoms. The highest BCUT2D eigenvalue weighted by Gasteiger charge is 2.22. The van der Waals surface area contributed by atoms with E-state index in [-0.39, 0.29) is 17.0 Å². The van der Waals surface area contributed by atoms with Crippen LogP contribution in [0.5, 0.6) is 0 Å². The topological polar surface area (TPSA) is 70.7 Å². The highest BCUT2D eigenvalue weighted by molar-refractivity contribution is 9.10. The van der Waals surface area contributed by atoms with Gasteiger partial charge in [-0.25, -0.2) is 4.98 Å². The predicted molar refractivity (Wildman–Crippen MR) is 130 cm³/mol. The van der Waals surface area contributed by atoms with Gasteiger partial charge in [-0.2, -0.15) is 0 Å². The van der Waals surface area contributed by atoms with E-state index in [1.165, 1.54) is 0 Å². The van der Waals surface area contributed by atoms with Gasteiger partial charge in [0.05, 0.1) is 16.5 Å². The molecule has 4 rings (SSSR count). The van der Waals surface area contributed by atoms with E-state index in [0.717, 1.165) is 26.6 Å². The van der Waals surface area contributed by atoms with Gasteiger partial charge in [0.2, 0.25) is 0 Å². The molecule has 0 spiro atoms. The van der Waals surface area contributed by atoms with E-state index in [4.69, 9.17) is 4.98 Å². The van der Waals surface area contributed by atoms with Crippen molar-refractivity contribution in [3.63, 3.8) is 0 Å². The number of anilines is 1. The highest BCUT2D eigenvalue weighted by Crippen LogP contribution is 2.33. The summed E-state index contributed by atoms with van der Waals surface area (Å²) in [6, 6.07) is 9.80. The van der Waals surface area contributed by atoms with Gasteiger partial charge in [0.25, 0.3) is 5.56 Å². The van der Waals surface area contributed by atoms with Crippen LogP contribution in [0.3, 0.4) is 0 Å². The molecule has 0 radical (unpaired) electrons. The van der Waals surface area contributed by atoms with Crippen LogP contribution in [0.25, 0.3) is 21.7 Å². The van der Waals surface area contributed by atoms with Crippen LogP contribution in [-0.4, -0.2) is 21.0 Å². The van der Waals surface area contributed by atoms with Crippen molar-refractivity contribution in [2.45, 2.75) is 33.7 Å². The molecular formula is C25H23BrN4O. The molecule has 1 unspecified atom stereocenters. The first kappa shape index (κ1) is 21.1. The lowest BCUT2D eigenvalue weighted by Gasteiger charge is -2.29. The number of pyridine rings is 3. The lowest BCUT2D eigenvalue weighted by atomic mass is 9.88. The molecule has 3 heterocycles. The summed E-state index contributed by atoms with van der Waals surface area (Å²) in [7, 11) is 0. The van der Waals surface area contributed by atoms with Crippen LogP contribution < -0.4 is 10.9 Å². The van der Waals surface area contributed by atoms with E-state index in [1.807, 2.05) is 30.3 Å². The first-order valence-corrected chi connectivity index (χ1v) is 10.9. The number of H-pyrrole nitrogens is 1. The minimum Gasteiger partial charge on any atom is -0.367 e. The van der Waals surface area contributed by atoms with Gasteiger partial charge in [0, 0.05) is 45.4 Å². The Morgan fingerprint density at radius 3 is 2.68 bits per heavy atom. The number of nitrogens with zero attached hydrogens (tertiary/aromatic N) is 2. The smallest absolute Gasteiger partial charge is 0.258 e. The Bertz CT molecular complexity index is 1390. The van der Waals surface area contributed by atoms with E-state index in [0.29, 0.717) is 16.5 Å². The van der Waals surface area contributed by atoms with Crippen LogP contribution in [0.4, 0.5) is 5.82 Å². The van der Waals surface area contributed by atoms with Crippen molar-refractivity contribution in [3.05, 3.63) is 74.9 Å². The fraction of sp³-hybridized carbons (Fsp3) is 0.240. The summed E-state index contributed by atoms with van der Waals surface area (Å²) in [6.07, 6.45) is 5.04. The molecule has 1 aromatic carbocycles. The number of halogens is 1. The molecule has 0 saturated carbocycles. The Hall–Kier alpha value is -3.17. The molecule has 4 aromatic rings. The van der Waals surface area contributed by atoms with E-state index in [9.17, 15) is 4.79 Å². The van der Waals surface area contributed by atoms with Crippen LogP contribution in [0.15, 0.2) is 58.2 Å². The van der Waals surface area contributed by atoms with E-state index >= 15 is 0 Å². The molecule has 6 heteroatoms. The van der Waals surface area contributed by atoms with Crippen molar-refractivity contribution in [3.8, 4) is 11.8 Å². The molecule has 0 saturated heterocycles. The van der Waals surface area contributed by atoms with E-state index in [2.05, 4.69) is 70.8 Å². The van der Waals surface area contributed by atoms with Crippen LogP contribution in [-0.2, 0) is 0 Å². The minimum atomic E-state index is -0.187. The number of nitrogens with one attached hydrogen (secondary N) is 2. The third-order valence-electron chi connectivity index (χ3n) is 5.45. The number of aromatic nitrogens is 3. The summed E-state index contributed by atoms with van der Waals surface area (Å²) in [5, 5.41) is 5.82. The fourth-order valence-electron chi connectivity index (χ4n) is 3.19. The second-order valence-electron chi connectivity index (χ2n) is 8.63. The first-order valence-electron chi connectivity index (χ1n) is 10.1. The summed E-state index contributed by atoms with van der Waals surface area (Å²) in [5.41, 5.74) is 1.88. The molecule has 156 valence electrons. The SMILES string of the molecule is CC(Nc1nc2c(C#Cc3cccnc3)c[nH]c(=O)c2c2cc(Br)ccc12)C(C)(C)C. The molecular weight excluding hydrogens is 452 g/mol. The molecule has 2 N–H and O–H groups in total. The monoisotopic (exact) mass is 474 g/mol. The maximum absolute atomic E-state index is 12.8. The van der Waals surface area contributed by atoms with Gasteiger partial charge in [-0.05, 0) is 42.7 Å². The van der Waals surface area contributed by atoms with Crippen molar-refractivity contribution < 1.29 is 0 Å². The summed E-state index contributed by atoms with van der Waals surface area (Å²) in [5.74, 6) is 7.01. The summed E-state index contributed by atoms with van der Waals surface area (Å²) in [4.78, 5) is 24.7. The van der Waals surface area contributed by atoms with Crippen molar-refractivity contribution in [2.75, 3.05) is 5.32 Å². The van der Waals surface area contributed by atoms with E-state index in [1.54, 1.807) is 18.6 Å². The zero-order valence-electron chi connectivity index (χ0n) is 17.9. The van der Waals surface area contributed by atoms with Crippen molar-refractivity contribution in [2.24, 2.45) is 5.41 Å². The Balaban J connectivity index is 2.00. The Labute approximate surface area is 189 Å². The standard InChI is InChI=1S/C25H23BrN4O/c1-15(25(2,3)4)29-23-19-10-9-18(26)12-20(19)21-22(30-23)17(14-28-24(21)31)8-7-16-6-5-11-27-13-16/h5-6,9-15H,1-4H3,(H,28,31)(H,29,30). The quantitative estimate of drug-likeness (QED) is 0.298. The molecule has 0 amide bonds. The van der Waals surface area contributed by atoms with Crippen LogP contribution >= 0.6 is 15.9 Å². The number of fused-ring (bicyclic) bond motifs is 3. The zero-order chi connectivity index (χ0) is 22.2. The third-order valence-corrected chi connectivity index (χ3v) is 5.94. The largest absolute Gasteiger partial charge is 0.367 e. The predicted octanol–water partition coefficient (Wildman–Crippen LogP) is 5.48. The normalized spacial score (nSPS) is 12.4. The molecule has 3 aromatic heterocycles. The van der Waals surface area contributed by atoms with Crippen LogP contribution in [0.1, 0.15) is 38.8 Å². The second-order valence-corrected chi connectivity index (χ2v) is 9.54. The van der Waals surface area contributed by atoms with Gasteiger partial charge < -0.3 is 10.3 Å². The maximum Gasteiger partial charge on any atom is 0.258 e. The average molecular weight is 475 g/mol. The fourth-order valence-corrected chi connectivity index (χ4v) is 3.55. The number of aromatic amines is 1. The summed E-state index contributed by atoms with van der Waals surface area (Å²) >= 11 is 3.54. The van der Waals surface area contributed by atoms with Crippen molar-refractivity contribution >= 4 is 43.4 Å². The molecule has 0 aliphatic heterocycles. The van der Waals surface area contributed by atoms with Gasteiger partial charge >= 0.3 is 0 Å². The van der Waals surface area contributed by atoms with Gasteiger partial charge in [0.15, 0.2) is 0 Å². The molecule has 5 nitrogen and oxygen atoms in total. The number of hydrogen-bond donors (Lipinski definition) is 2. The molecule has 0 aliphatic rings. The van der Waals surface area contributed by atoms with Gasteiger partial charge in [-0.15, -0.1) is 0 Å². The van der Waals surface area contributed by atoms with Crippen molar-refractivity contribution in [1.82, 2.24) is 15.0 Å². The van der Waals surface area contributed by atoms with Gasteiger partial charge in [-0.3, -0.25) is 9.78 Å². The minimum absolute atomic E-state index is 0.0371. The molecule has 31 heavy (non-hydrogen) atoms. The average Bonchev–Trinajstić information content (AvgIpc) is 2.73. The second kappa shape index (κ2) is 8.16. The number of hydrogen-bond acceptors (Lipinski definition) is 4. The maximum atomic E-state index is 12.8. The highest BCUT2D eigenvalue weighted by atomic mass is 79.9. The zero-order valence-corrected chi connectivity index (χ0v) is 19.5. The van der Waals surface area contributed by atoms with Crippen LogP contribution in [0, 0.1) is 17.3 Å². The van der Waals surface area contributed by atoms with Gasteiger partial charge in [0.1, 0.15) is 5.82 Å². The summed E-state index contributed by atoms with van der Waals surface area (Å²) in [6.45, 7) is 8.68. The number of rotatable bonds is 2. The Morgan fingerprint density at radius 1 is 1.16 bits per heavy atom. The Morgan fingerprint density at radius 2 is 1.97 bits per heavy atom. The molecule has 0 fully saturated rings. The third kappa shape index (κ3) is 4.33. The molecule has 0 aliphatic carbocycles. The van der Waals surface area contributed by atoms with Crippen molar-refractivity contribution in [1.29, 1.82) is 0 Å². The number of benzene rings is 1. The Kier molecular flexibility index (Phi) is 5.55. The molecule has 1 atom stereocenters. The van der Waals surface area contributed by atoms with E-state index < -0.39 is 0 Å². The lowest BCUT2D eigenvalue weighted by Crippen LogP contribution is -2.31. The van der Waals surface area contributed by atoms with Gasteiger partial charge in [-0.1, -0.05) is 48.5 Å². The first-order chi connectivity index (χ1) is 14.7.